The summed E-state index contributed by atoms with van der Waals surface area (Å²) in [5.74, 6) is 0. The minimum absolute atomic E-state index is 0.228. The minimum atomic E-state index is -0.228. The van der Waals surface area contributed by atoms with Crippen molar-refractivity contribution in [3.63, 3.8) is 0 Å². The minimum Gasteiger partial charge on any atom is -0.281 e. The van der Waals surface area contributed by atoms with Gasteiger partial charge in [-0.25, -0.2) is 0 Å². The van der Waals surface area contributed by atoms with Crippen molar-refractivity contribution in [1.82, 2.24) is 15.1 Å². The molecule has 2 heterocycles. The average molecular weight is 323 g/mol. The van der Waals surface area contributed by atoms with E-state index in [9.17, 15) is 0 Å². The van der Waals surface area contributed by atoms with Crippen molar-refractivity contribution in [3.05, 3.63) is 17.5 Å². The molecule has 0 fully saturated rings. The maximum Gasteiger partial charge on any atom is 0.146 e. The van der Waals surface area contributed by atoms with Gasteiger partial charge in [0.15, 0.2) is 0 Å². The van der Waals surface area contributed by atoms with Crippen molar-refractivity contribution in [1.29, 1.82) is 0 Å². The largest absolute Gasteiger partial charge is 0.281 e. The lowest BCUT2D eigenvalue weighted by atomic mass is 10.2. The van der Waals surface area contributed by atoms with Crippen LogP contribution < -0.4 is 0 Å². The van der Waals surface area contributed by atoms with Crippen molar-refractivity contribution in [2.75, 3.05) is 0 Å². The third-order valence-corrected chi connectivity index (χ3v) is 4.36. The molecule has 78 valence electrons. The van der Waals surface area contributed by atoms with E-state index < -0.39 is 0 Å². The van der Waals surface area contributed by atoms with Gasteiger partial charge in [-0.2, -0.15) is 5.10 Å². The highest BCUT2D eigenvalue weighted by Gasteiger charge is 2.47. The van der Waals surface area contributed by atoms with E-state index in [1.807, 2.05) is 6.20 Å². The summed E-state index contributed by atoms with van der Waals surface area (Å²) < 4.78 is -0.228. The van der Waals surface area contributed by atoms with Crippen molar-refractivity contribution in [2.24, 2.45) is 0 Å². The standard InChI is InChI=1S/C9H14IN3S/c1-5(2)13-6(3)8-7(4-11-12-8)9(13,10)14/h4-6,14H,1-3H3,(H,11,12). The van der Waals surface area contributed by atoms with Gasteiger partial charge in [0.25, 0.3) is 0 Å². The van der Waals surface area contributed by atoms with Gasteiger partial charge >= 0.3 is 0 Å². The first-order chi connectivity index (χ1) is 6.46. The number of aromatic nitrogens is 2. The van der Waals surface area contributed by atoms with Gasteiger partial charge in [-0.1, -0.05) is 0 Å². The molecule has 0 saturated carbocycles. The summed E-state index contributed by atoms with van der Waals surface area (Å²) in [6, 6.07) is 0.835. The molecule has 2 atom stereocenters. The normalized spacial score (nSPS) is 32.6. The Bertz CT molecular complexity index is 348. The molecule has 0 amide bonds. The van der Waals surface area contributed by atoms with E-state index in [1.165, 1.54) is 11.3 Å². The first-order valence-corrected chi connectivity index (χ1v) is 6.22. The molecule has 1 aliphatic rings. The van der Waals surface area contributed by atoms with Gasteiger partial charge < -0.3 is 0 Å². The second-order valence-corrected chi connectivity index (χ2v) is 7.02. The van der Waals surface area contributed by atoms with Crippen LogP contribution in [0.5, 0.6) is 0 Å². The molecule has 1 N–H and O–H groups in total. The molecule has 0 bridgehead atoms. The Balaban J connectivity index is 2.49. The van der Waals surface area contributed by atoms with Crippen molar-refractivity contribution < 1.29 is 0 Å². The van der Waals surface area contributed by atoms with Gasteiger partial charge in [0.05, 0.1) is 17.9 Å². The predicted molar refractivity (Wildman–Crippen MR) is 68.7 cm³/mol. The molecule has 2 unspecified atom stereocenters. The maximum atomic E-state index is 4.74. The van der Waals surface area contributed by atoms with E-state index in [1.54, 1.807) is 0 Å². The van der Waals surface area contributed by atoms with E-state index in [-0.39, 0.29) is 2.88 Å². The molecule has 1 aromatic rings. The average Bonchev–Trinajstić information content (AvgIpc) is 2.54. The van der Waals surface area contributed by atoms with E-state index in [0.29, 0.717) is 12.1 Å². The molecule has 14 heavy (non-hydrogen) atoms. The number of rotatable bonds is 1. The van der Waals surface area contributed by atoms with Gasteiger partial charge in [-0.3, -0.25) is 10.00 Å². The van der Waals surface area contributed by atoms with Crippen LogP contribution in [0.4, 0.5) is 0 Å². The molecule has 0 radical (unpaired) electrons. The van der Waals surface area contributed by atoms with Crippen LogP contribution in [0.25, 0.3) is 0 Å². The lowest BCUT2D eigenvalue weighted by Crippen LogP contribution is -2.38. The van der Waals surface area contributed by atoms with E-state index in [2.05, 4.69) is 58.5 Å². The SMILES string of the molecule is CC(C)N1C(C)c2[nH]ncc2C1(S)I. The molecule has 3 nitrogen and oxygen atoms in total. The molecular formula is C9H14IN3S. The molecule has 0 saturated heterocycles. The number of halogens is 1. The fourth-order valence-corrected chi connectivity index (χ4v) is 4.18. The van der Waals surface area contributed by atoms with Crippen LogP contribution in [0, 0.1) is 0 Å². The third kappa shape index (κ3) is 1.32. The Hall–Kier alpha value is 0.250. The zero-order valence-corrected chi connectivity index (χ0v) is 11.5. The van der Waals surface area contributed by atoms with Crippen LogP contribution in [0.2, 0.25) is 0 Å². The highest BCUT2D eigenvalue weighted by Crippen LogP contribution is 2.52. The molecular weight excluding hydrogens is 309 g/mol. The molecule has 0 aromatic carbocycles. The predicted octanol–water partition coefficient (Wildman–Crippen LogP) is 2.67. The second-order valence-electron chi connectivity index (χ2n) is 3.96. The number of hydrogen-bond acceptors (Lipinski definition) is 3. The number of nitrogens with zero attached hydrogens (tertiary/aromatic N) is 2. The van der Waals surface area contributed by atoms with Gasteiger partial charge in [0.2, 0.25) is 0 Å². The number of nitrogens with one attached hydrogen (secondary N) is 1. The third-order valence-electron chi connectivity index (χ3n) is 2.75. The zero-order chi connectivity index (χ0) is 10.5. The number of alkyl halides is 1. The summed E-state index contributed by atoms with van der Waals surface area (Å²) in [5, 5.41) is 7.14. The number of thiol groups is 1. The van der Waals surface area contributed by atoms with Gasteiger partial charge in [0, 0.05) is 11.6 Å². The Morgan fingerprint density at radius 1 is 1.71 bits per heavy atom. The fourth-order valence-electron chi connectivity index (χ4n) is 2.19. The van der Waals surface area contributed by atoms with Crippen LogP contribution in [-0.4, -0.2) is 21.1 Å². The maximum absolute atomic E-state index is 4.74. The molecule has 1 aromatic heterocycles. The summed E-state index contributed by atoms with van der Waals surface area (Å²) in [6.45, 7) is 6.58. The molecule has 2 rings (SSSR count). The zero-order valence-electron chi connectivity index (χ0n) is 8.45. The van der Waals surface area contributed by atoms with E-state index in [0.717, 1.165) is 0 Å². The van der Waals surface area contributed by atoms with Gasteiger partial charge in [-0.15, -0.1) is 12.6 Å². The Morgan fingerprint density at radius 2 is 2.36 bits per heavy atom. The number of hydrogen-bond donors (Lipinski definition) is 2. The first kappa shape index (κ1) is 10.8. The lowest BCUT2D eigenvalue weighted by molar-refractivity contribution is 0.163. The van der Waals surface area contributed by atoms with Crippen LogP contribution in [-0.2, 0) is 2.88 Å². The van der Waals surface area contributed by atoms with Crippen molar-refractivity contribution in [2.45, 2.75) is 35.7 Å². The van der Waals surface area contributed by atoms with Gasteiger partial charge in [0.1, 0.15) is 2.88 Å². The molecule has 0 spiro atoms. The fraction of sp³-hybridized carbons (Fsp3) is 0.667. The highest BCUT2D eigenvalue weighted by atomic mass is 127. The van der Waals surface area contributed by atoms with Crippen LogP contribution in [0.1, 0.15) is 38.1 Å². The molecule has 1 aliphatic heterocycles. The van der Waals surface area contributed by atoms with Crippen LogP contribution >= 0.6 is 35.2 Å². The quantitative estimate of drug-likeness (QED) is 0.360. The topological polar surface area (TPSA) is 31.9 Å². The number of H-pyrrole nitrogens is 1. The lowest BCUT2D eigenvalue weighted by Gasteiger charge is -2.35. The molecule has 0 aliphatic carbocycles. The summed E-state index contributed by atoms with van der Waals surface area (Å²) in [5.41, 5.74) is 2.39. The van der Waals surface area contributed by atoms with E-state index in [4.69, 9.17) is 12.6 Å². The van der Waals surface area contributed by atoms with Crippen molar-refractivity contribution >= 4 is 35.2 Å². The van der Waals surface area contributed by atoms with Crippen molar-refractivity contribution in [3.8, 4) is 0 Å². The highest BCUT2D eigenvalue weighted by molar-refractivity contribution is 14.1. The number of fused-ring (bicyclic) bond motifs is 1. The summed E-state index contributed by atoms with van der Waals surface area (Å²) in [6.07, 6.45) is 1.88. The van der Waals surface area contributed by atoms with Crippen LogP contribution in [0.15, 0.2) is 6.20 Å². The monoisotopic (exact) mass is 323 g/mol. The first-order valence-electron chi connectivity index (χ1n) is 4.69. The van der Waals surface area contributed by atoms with Crippen LogP contribution in [0.3, 0.4) is 0 Å². The second kappa shape index (κ2) is 3.38. The Kier molecular flexibility index (Phi) is 2.60. The van der Waals surface area contributed by atoms with E-state index >= 15 is 0 Å². The van der Waals surface area contributed by atoms with Gasteiger partial charge in [-0.05, 0) is 43.4 Å². The Labute approximate surface area is 103 Å². The Morgan fingerprint density at radius 3 is 2.86 bits per heavy atom. The smallest absolute Gasteiger partial charge is 0.146 e. The molecule has 5 heteroatoms. The summed E-state index contributed by atoms with van der Waals surface area (Å²) in [4.78, 5) is 2.37. The summed E-state index contributed by atoms with van der Waals surface area (Å²) >= 11 is 7.12. The summed E-state index contributed by atoms with van der Waals surface area (Å²) in [7, 11) is 0. The number of aromatic amines is 1.